The maximum absolute atomic E-state index is 11.9. The number of nitrogens with one attached hydrogen (secondary N) is 1. The Labute approximate surface area is 102 Å². The molecule has 5 heteroatoms. The van der Waals surface area contributed by atoms with Crippen molar-refractivity contribution < 1.29 is 13.2 Å². The monoisotopic (exact) mass is 255 g/mol. The lowest BCUT2D eigenvalue weighted by atomic mass is 10.1. The molecule has 4 nitrogen and oxygen atoms in total. The third kappa shape index (κ3) is 2.30. The quantitative estimate of drug-likeness (QED) is 0.886. The molecule has 0 saturated carbocycles. The van der Waals surface area contributed by atoms with Gasteiger partial charge in [0.15, 0.2) is 9.84 Å². The Balaban J connectivity index is 2.39. The second-order valence-electron chi connectivity index (χ2n) is 4.19. The van der Waals surface area contributed by atoms with Crippen molar-refractivity contribution in [2.75, 3.05) is 19.4 Å². The van der Waals surface area contributed by atoms with E-state index in [0.717, 1.165) is 18.5 Å². The second kappa shape index (κ2) is 4.66. The van der Waals surface area contributed by atoms with Gasteiger partial charge < -0.3 is 10.1 Å². The second-order valence-corrected chi connectivity index (χ2v) is 6.19. The van der Waals surface area contributed by atoms with Crippen LogP contribution in [-0.2, 0) is 9.84 Å². The Morgan fingerprint density at radius 1 is 1.47 bits per heavy atom. The zero-order chi connectivity index (χ0) is 12.5. The molecule has 0 amide bonds. The Hall–Kier alpha value is -1.07. The molecule has 1 heterocycles. The van der Waals surface area contributed by atoms with Crippen molar-refractivity contribution >= 4 is 9.84 Å². The molecule has 2 rings (SSSR count). The summed E-state index contributed by atoms with van der Waals surface area (Å²) in [5.41, 5.74) is 0.831. The van der Waals surface area contributed by atoms with Crippen molar-refractivity contribution in [2.45, 2.75) is 24.3 Å². The van der Waals surface area contributed by atoms with Crippen LogP contribution in [0.3, 0.4) is 0 Å². The van der Waals surface area contributed by atoms with Crippen LogP contribution < -0.4 is 10.1 Å². The van der Waals surface area contributed by atoms with Crippen LogP contribution in [0.15, 0.2) is 23.1 Å². The van der Waals surface area contributed by atoms with Crippen LogP contribution in [0.4, 0.5) is 0 Å². The molecule has 1 N–H and O–H groups in total. The Kier molecular flexibility index (Phi) is 3.40. The van der Waals surface area contributed by atoms with Gasteiger partial charge in [-0.05, 0) is 36.7 Å². The summed E-state index contributed by atoms with van der Waals surface area (Å²) in [5, 5.41) is 3.26. The topological polar surface area (TPSA) is 55.4 Å². The highest BCUT2D eigenvalue weighted by atomic mass is 32.2. The van der Waals surface area contributed by atoms with Crippen LogP contribution in [0, 0.1) is 0 Å². The molecule has 0 aliphatic carbocycles. The standard InChI is InChI=1S/C12H17NO3S/c1-3-6-13-11-8-17(14,15)12-5-4-9(16-2)7-10(11)12/h4-5,7,11,13H,3,6,8H2,1-2H3. The molecule has 0 spiro atoms. The zero-order valence-electron chi connectivity index (χ0n) is 10.1. The molecule has 1 aliphatic heterocycles. The largest absolute Gasteiger partial charge is 0.497 e. The highest BCUT2D eigenvalue weighted by Gasteiger charge is 2.34. The summed E-state index contributed by atoms with van der Waals surface area (Å²) in [6.07, 6.45) is 0.982. The molecule has 1 aromatic rings. The molecular weight excluding hydrogens is 238 g/mol. The van der Waals surface area contributed by atoms with Crippen molar-refractivity contribution in [2.24, 2.45) is 0 Å². The van der Waals surface area contributed by atoms with Crippen LogP contribution in [-0.4, -0.2) is 27.8 Å². The Morgan fingerprint density at radius 2 is 2.24 bits per heavy atom. The van der Waals surface area contributed by atoms with Gasteiger partial charge in [-0.25, -0.2) is 8.42 Å². The van der Waals surface area contributed by atoms with Gasteiger partial charge in [0, 0.05) is 6.04 Å². The van der Waals surface area contributed by atoms with Crippen LogP contribution >= 0.6 is 0 Å². The summed E-state index contributed by atoms with van der Waals surface area (Å²) in [6.45, 7) is 2.87. The highest BCUT2D eigenvalue weighted by molar-refractivity contribution is 7.91. The highest BCUT2D eigenvalue weighted by Crippen LogP contribution is 2.35. The molecule has 1 atom stereocenters. The summed E-state index contributed by atoms with van der Waals surface area (Å²) in [5.74, 6) is 0.847. The number of benzene rings is 1. The summed E-state index contributed by atoms with van der Waals surface area (Å²) in [4.78, 5) is 0.437. The first-order valence-corrected chi connectivity index (χ1v) is 7.38. The average molecular weight is 255 g/mol. The van der Waals surface area contributed by atoms with Gasteiger partial charge in [-0.15, -0.1) is 0 Å². The fourth-order valence-electron chi connectivity index (χ4n) is 2.10. The first kappa shape index (κ1) is 12.4. The summed E-state index contributed by atoms with van der Waals surface area (Å²) in [7, 11) is -1.55. The summed E-state index contributed by atoms with van der Waals surface area (Å²) < 4.78 is 29.0. The SMILES string of the molecule is CCCNC1CS(=O)(=O)c2ccc(OC)cc21. The third-order valence-electron chi connectivity index (χ3n) is 2.95. The summed E-state index contributed by atoms with van der Waals surface area (Å²) >= 11 is 0. The lowest BCUT2D eigenvalue weighted by Gasteiger charge is -2.12. The predicted molar refractivity (Wildman–Crippen MR) is 66.1 cm³/mol. The maximum atomic E-state index is 11.9. The molecular formula is C12H17NO3S. The molecule has 17 heavy (non-hydrogen) atoms. The molecule has 1 aromatic carbocycles. The van der Waals surface area contributed by atoms with Gasteiger partial charge >= 0.3 is 0 Å². The lowest BCUT2D eigenvalue weighted by Crippen LogP contribution is -2.23. The van der Waals surface area contributed by atoms with Crippen LogP contribution in [0.1, 0.15) is 24.9 Å². The van der Waals surface area contributed by atoms with Crippen molar-refractivity contribution in [3.8, 4) is 5.75 Å². The Morgan fingerprint density at radius 3 is 2.88 bits per heavy atom. The van der Waals surface area contributed by atoms with Crippen LogP contribution in [0.25, 0.3) is 0 Å². The van der Waals surface area contributed by atoms with Gasteiger partial charge in [0.2, 0.25) is 0 Å². The lowest BCUT2D eigenvalue weighted by molar-refractivity contribution is 0.413. The normalized spacial score (nSPS) is 21.2. The van der Waals surface area contributed by atoms with Crippen molar-refractivity contribution in [1.82, 2.24) is 5.32 Å². The number of ether oxygens (including phenoxy) is 1. The molecule has 0 aromatic heterocycles. The van der Waals surface area contributed by atoms with Gasteiger partial charge in [-0.1, -0.05) is 6.92 Å². The van der Waals surface area contributed by atoms with Gasteiger partial charge in [-0.3, -0.25) is 0 Å². The Bertz CT molecular complexity index is 510. The number of fused-ring (bicyclic) bond motifs is 1. The zero-order valence-corrected chi connectivity index (χ0v) is 10.9. The predicted octanol–water partition coefficient (Wildman–Crippen LogP) is 1.52. The van der Waals surface area contributed by atoms with E-state index in [0.29, 0.717) is 10.6 Å². The van der Waals surface area contributed by atoms with Crippen molar-refractivity contribution in [3.05, 3.63) is 23.8 Å². The average Bonchev–Trinajstić information content (AvgIpc) is 2.58. The molecule has 1 aliphatic rings. The van der Waals surface area contributed by atoms with E-state index in [2.05, 4.69) is 12.2 Å². The van der Waals surface area contributed by atoms with E-state index >= 15 is 0 Å². The van der Waals surface area contributed by atoms with Gasteiger partial charge in [0.25, 0.3) is 0 Å². The van der Waals surface area contributed by atoms with Crippen LogP contribution in [0.5, 0.6) is 5.75 Å². The van der Waals surface area contributed by atoms with E-state index in [1.165, 1.54) is 0 Å². The molecule has 0 fully saturated rings. The number of sulfone groups is 1. The number of methoxy groups -OCH3 is 1. The number of hydrogen-bond donors (Lipinski definition) is 1. The first-order chi connectivity index (χ1) is 8.08. The van der Waals surface area contributed by atoms with E-state index in [1.54, 1.807) is 19.2 Å². The van der Waals surface area contributed by atoms with Gasteiger partial charge in [0.05, 0.1) is 17.8 Å². The van der Waals surface area contributed by atoms with E-state index < -0.39 is 9.84 Å². The smallest absolute Gasteiger partial charge is 0.180 e. The van der Waals surface area contributed by atoms with Gasteiger partial charge in [0.1, 0.15) is 5.75 Å². The molecule has 0 bridgehead atoms. The van der Waals surface area contributed by atoms with E-state index in [1.807, 2.05) is 6.07 Å². The third-order valence-corrected chi connectivity index (χ3v) is 4.77. The first-order valence-electron chi connectivity index (χ1n) is 5.72. The summed E-state index contributed by atoms with van der Waals surface area (Å²) in [6, 6.07) is 5.04. The van der Waals surface area contributed by atoms with Crippen molar-refractivity contribution in [1.29, 1.82) is 0 Å². The van der Waals surface area contributed by atoms with Gasteiger partial charge in [-0.2, -0.15) is 0 Å². The number of hydrogen-bond acceptors (Lipinski definition) is 4. The fourth-order valence-corrected chi connectivity index (χ4v) is 3.85. The minimum Gasteiger partial charge on any atom is -0.497 e. The fraction of sp³-hybridized carbons (Fsp3) is 0.500. The van der Waals surface area contributed by atoms with Crippen LogP contribution in [0.2, 0.25) is 0 Å². The van der Waals surface area contributed by atoms with E-state index in [4.69, 9.17) is 4.74 Å². The van der Waals surface area contributed by atoms with E-state index in [-0.39, 0.29) is 11.8 Å². The van der Waals surface area contributed by atoms with Crippen molar-refractivity contribution in [3.63, 3.8) is 0 Å². The molecule has 0 saturated heterocycles. The number of rotatable bonds is 4. The maximum Gasteiger partial charge on any atom is 0.180 e. The minimum atomic E-state index is -3.13. The molecule has 94 valence electrons. The van der Waals surface area contributed by atoms with E-state index in [9.17, 15) is 8.42 Å². The molecule has 0 radical (unpaired) electrons. The minimum absolute atomic E-state index is 0.106. The molecule has 1 unspecified atom stereocenters.